The van der Waals surface area contributed by atoms with Crippen LogP contribution >= 0.6 is 27.5 Å². The molecule has 0 atom stereocenters. The Morgan fingerprint density at radius 2 is 2.16 bits per heavy atom. The maximum atomic E-state index is 12.2. The molecule has 1 fully saturated rings. The van der Waals surface area contributed by atoms with E-state index in [4.69, 9.17) is 16.3 Å². The van der Waals surface area contributed by atoms with Crippen LogP contribution < -0.4 is 5.32 Å². The second-order valence-electron chi connectivity index (χ2n) is 4.64. The number of phenolic OH excluding ortho intramolecular Hbond substituents is 1. The Balaban J connectivity index is 2.15. The Morgan fingerprint density at radius 1 is 1.47 bits per heavy atom. The number of aromatic hydroxyl groups is 1. The highest BCUT2D eigenvalue weighted by molar-refractivity contribution is 9.09. The monoisotopic (exact) mass is 347 g/mol. The molecule has 1 amide bonds. The van der Waals surface area contributed by atoms with Crippen molar-refractivity contribution in [2.45, 2.75) is 18.4 Å². The van der Waals surface area contributed by atoms with Gasteiger partial charge < -0.3 is 15.2 Å². The largest absolute Gasteiger partial charge is 0.507 e. The van der Waals surface area contributed by atoms with Crippen LogP contribution in [0.5, 0.6) is 5.75 Å². The number of carbonyl (C=O) groups is 1. The number of phenols is 1. The number of hydrogen-bond donors (Lipinski definition) is 2. The van der Waals surface area contributed by atoms with E-state index in [0.717, 1.165) is 12.8 Å². The van der Waals surface area contributed by atoms with Gasteiger partial charge >= 0.3 is 0 Å². The molecule has 0 radical (unpaired) electrons. The van der Waals surface area contributed by atoms with E-state index in [1.807, 2.05) is 0 Å². The van der Waals surface area contributed by atoms with Crippen LogP contribution in [0.3, 0.4) is 0 Å². The lowest BCUT2D eigenvalue weighted by Gasteiger charge is -2.36. The number of amides is 1. The maximum absolute atomic E-state index is 12.2. The van der Waals surface area contributed by atoms with Crippen molar-refractivity contribution in [2.24, 2.45) is 0 Å². The first-order chi connectivity index (χ1) is 9.06. The molecular weight excluding hydrogens is 334 g/mol. The molecule has 1 aliphatic rings. The quantitative estimate of drug-likeness (QED) is 0.826. The summed E-state index contributed by atoms with van der Waals surface area (Å²) in [6.45, 7) is 1.25. The number of benzene rings is 1. The molecule has 1 aromatic carbocycles. The smallest absolute Gasteiger partial charge is 0.255 e. The number of alkyl halides is 1. The fourth-order valence-electron chi connectivity index (χ4n) is 2.06. The van der Waals surface area contributed by atoms with Crippen LogP contribution in [0, 0.1) is 0 Å². The van der Waals surface area contributed by atoms with E-state index < -0.39 is 0 Å². The lowest BCUT2D eigenvalue weighted by Crippen LogP contribution is -2.53. The number of rotatable bonds is 3. The van der Waals surface area contributed by atoms with E-state index in [0.29, 0.717) is 23.6 Å². The van der Waals surface area contributed by atoms with Crippen LogP contribution in [0.15, 0.2) is 18.2 Å². The Morgan fingerprint density at radius 3 is 2.74 bits per heavy atom. The molecule has 0 bridgehead atoms. The first-order valence-electron chi connectivity index (χ1n) is 6.01. The predicted octanol–water partition coefficient (Wildman–Crippen LogP) is 2.72. The zero-order valence-electron chi connectivity index (χ0n) is 10.3. The molecule has 2 N–H and O–H groups in total. The van der Waals surface area contributed by atoms with Gasteiger partial charge in [-0.3, -0.25) is 4.79 Å². The van der Waals surface area contributed by atoms with Crippen molar-refractivity contribution in [2.75, 3.05) is 18.5 Å². The van der Waals surface area contributed by atoms with Gasteiger partial charge in [0.25, 0.3) is 5.91 Å². The third-order valence-electron chi connectivity index (χ3n) is 3.29. The highest BCUT2D eigenvalue weighted by atomic mass is 79.9. The van der Waals surface area contributed by atoms with E-state index in [1.165, 1.54) is 12.1 Å². The second kappa shape index (κ2) is 6.11. The summed E-state index contributed by atoms with van der Waals surface area (Å²) in [5, 5.41) is 13.8. The zero-order chi connectivity index (χ0) is 13.9. The number of ether oxygens (including phenoxy) is 1. The molecule has 0 unspecified atom stereocenters. The second-order valence-corrected chi connectivity index (χ2v) is 5.64. The van der Waals surface area contributed by atoms with Gasteiger partial charge in [0.05, 0.1) is 11.1 Å². The van der Waals surface area contributed by atoms with Gasteiger partial charge in [-0.1, -0.05) is 27.5 Å². The number of halogens is 2. The molecule has 4 nitrogen and oxygen atoms in total. The van der Waals surface area contributed by atoms with Gasteiger partial charge in [-0.15, -0.1) is 0 Å². The number of carbonyl (C=O) groups excluding carboxylic acids is 1. The van der Waals surface area contributed by atoms with E-state index in [-0.39, 0.29) is 22.8 Å². The fourth-order valence-corrected chi connectivity index (χ4v) is 2.93. The molecule has 0 spiro atoms. The summed E-state index contributed by atoms with van der Waals surface area (Å²) in [5.41, 5.74) is -0.0854. The highest BCUT2D eigenvalue weighted by Gasteiger charge is 2.33. The molecule has 2 rings (SSSR count). The summed E-state index contributed by atoms with van der Waals surface area (Å²) in [5.74, 6) is -0.405. The molecule has 1 heterocycles. The molecule has 0 saturated carbocycles. The normalized spacial score (nSPS) is 18.0. The van der Waals surface area contributed by atoms with Crippen LogP contribution in [-0.4, -0.2) is 35.1 Å². The van der Waals surface area contributed by atoms with E-state index in [1.54, 1.807) is 6.07 Å². The van der Waals surface area contributed by atoms with E-state index >= 15 is 0 Å². The van der Waals surface area contributed by atoms with Gasteiger partial charge in [-0.2, -0.15) is 0 Å². The molecule has 104 valence electrons. The lowest BCUT2D eigenvalue weighted by atomic mass is 9.92. The van der Waals surface area contributed by atoms with E-state index in [9.17, 15) is 9.90 Å². The summed E-state index contributed by atoms with van der Waals surface area (Å²) in [7, 11) is 0. The van der Waals surface area contributed by atoms with Gasteiger partial charge in [-0.05, 0) is 31.0 Å². The summed E-state index contributed by atoms with van der Waals surface area (Å²) in [4.78, 5) is 12.2. The van der Waals surface area contributed by atoms with Gasteiger partial charge in [-0.25, -0.2) is 0 Å². The van der Waals surface area contributed by atoms with Crippen molar-refractivity contribution in [3.05, 3.63) is 28.8 Å². The summed E-state index contributed by atoms with van der Waals surface area (Å²) in [6.07, 6.45) is 1.50. The Kier molecular flexibility index (Phi) is 4.71. The third kappa shape index (κ3) is 3.41. The minimum Gasteiger partial charge on any atom is -0.507 e. The van der Waals surface area contributed by atoms with Crippen LogP contribution in [0.4, 0.5) is 0 Å². The van der Waals surface area contributed by atoms with Crippen LogP contribution in [-0.2, 0) is 4.74 Å². The van der Waals surface area contributed by atoms with Crippen LogP contribution in [0.2, 0.25) is 5.02 Å². The minimum atomic E-state index is -0.318. The summed E-state index contributed by atoms with van der Waals surface area (Å²) >= 11 is 9.20. The predicted molar refractivity (Wildman–Crippen MR) is 77.2 cm³/mol. The molecule has 1 aromatic rings. The highest BCUT2D eigenvalue weighted by Crippen LogP contribution is 2.26. The molecule has 0 aromatic heterocycles. The van der Waals surface area contributed by atoms with Crippen LogP contribution in [0.25, 0.3) is 0 Å². The first kappa shape index (κ1) is 14.6. The molecule has 1 saturated heterocycles. The molecule has 0 aliphatic carbocycles. The average Bonchev–Trinajstić information content (AvgIpc) is 2.39. The Bertz CT molecular complexity index is 475. The standard InChI is InChI=1S/C13H15BrClNO3/c14-8-13(3-5-19-6-4-13)16-12(18)10-2-1-9(15)7-11(10)17/h1-2,7,17H,3-6,8H2,(H,16,18). The maximum Gasteiger partial charge on any atom is 0.255 e. The van der Waals surface area contributed by atoms with Crippen molar-refractivity contribution in [1.29, 1.82) is 0 Å². The lowest BCUT2D eigenvalue weighted by molar-refractivity contribution is 0.0441. The topological polar surface area (TPSA) is 58.6 Å². The minimum absolute atomic E-state index is 0.109. The van der Waals surface area contributed by atoms with E-state index in [2.05, 4.69) is 21.2 Å². The van der Waals surface area contributed by atoms with Crippen LogP contribution in [0.1, 0.15) is 23.2 Å². The van der Waals surface area contributed by atoms with Gasteiger partial charge in [0.2, 0.25) is 0 Å². The van der Waals surface area contributed by atoms with Crippen molar-refractivity contribution in [1.82, 2.24) is 5.32 Å². The molecule has 1 aliphatic heterocycles. The Hall–Kier alpha value is -0.780. The third-order valence-corrected chi connectivity index (χ3v) is 4.60. The molecule has 6 heteroatoms. The van der Waals surface area contributed by atoms with Gasteiger partial charge in [0.1, 0.15) is 5.75 Å². The molecular formula is C13H15BrClNO3. The SMILES string of the molecule is O=C(NC1(CBr)CCOCC1)c1ccc(Cl)cc1O. The zero-order valence-corrected chi connectivity index (χ0v) is 12.6. The van der Waals surface area contributed by atoms with Crippen molar-refractivity contribution in [3.63, 3.8) is 0 Å². The van der Waals surface area contributed by atoms with Crippen molar-refractivity contribution < 1.29 is 14.6 Å². The Labute approximate surface area is 125 Å². The average molecular weight is 349 g/mol. The summed E-state index contributed by atoms with van der Waals surface area (Å²) in [6, 6.07) is 4.47. The van der Waals surface area contributed by atoms with Crippen molar-refractivity contribution >= 4 is 33.4 Å². The number of nitrogens with one attached hydrogen (secondary N) is 1. The first-order valence-corrected chi connectivity index (χ1v) is 7.51. The fraction of sp³-hybridized carbons (Fsp3) is 0.462. The molecule has 19 heavy (non-hydrogen) atoms. The van der Waals surface area contributed by atoms with Crippen molar-refractivity contribution in [3.8, 4) is 5.75 Å². The summed E-state index contributed by atoms with van der Waals surface area (Å²) < 4.78 is 5.31. The van der Waals surface area contributed by atoms with Gasteiger partial charge in [0.15, 0.2) is 0 Å². The van der Waals surface area contributed by atoms with Gasteiger partial charge in [0, 0.05) is 23.6 Å². The number of hydrogen-bond acceptors (Lipinski definition) is 3.